The van der Waals surface area contributed by atoms with E-state index in [-0.39, 0.29) is 51.7 Å². The SMILES string of the molecule is CCCCCCCCCCCCCc1cccc(S(=O)(=O)O)c1Oc1cccc([O-])c1.[Na+]. The van der Waals surface area contributed by atoms with Gasteiger partial charge in [0.05, 0.1) is 0 Å². The van der Waals surface area contributed by atoms with Crippen LogP contribution in [0.2, 0.25) is 0 Å². The van der Waals surface area contributed by atoms with E-state index in [1.165, 1.54) is 69.6 Å². The Balaban J connectivity index is 0.00000512. The molecule has 0 aliphatic carbocycles. The molecule has 2 rings (SSSR count). The van der Waals surface area contributed by atoms with Crippen molar-refractivity contribution in [2.24, 2.45) is 0 Å². The second kappa shape index (κ2) is 15.7. The van der Waals surface area contributed by atoms with Crippen LogP contribution in [0, 0.1) is 0 Å². The molecule has 0 aliphatic heterocycles. The summed E-state index contributed by atoms with van der Waals surface area (Å²) in [7, 11) is -4.44. The van der Waals surface area contributed by atoms with Crippen LogP contribution < -0.4 is 39.4 Å². The first-order valence-corrected chi connectivity index (χ1v) is 12.9. The molecule has 0 radical (unpaired) electrons. The van der Waals surface area contributed by atoms with Gasteiger partial charge < -0.3 is 9.84 Å². The second-order valence-corrected chi connectivity index (χ2v) is 9.47. The van der Waals surface area contributed by atoms with Gasteiger partial charge in [0.25, 0.3) is 10.1 Å². The Kier molecular flexibility index (Phi) is 14.2. The van der Waals surface area contributed by atoms with Gasteiger partial charge in [-0.3, -0.25) is 4.55 Å². The molecule has 0 bridgehead atoms. The number of hydrogen-bond donors (Lipinski definition) is 1. The molecule has 32 heavy (non-hydrogen) atoms. The molecule has 0 unspecified atom stereocenters. The molecule has 2 aromatic rings. The molecule has 0 spiro atoms. The van der Waals surface area contributed by atoms with Crippen molar-refractivity contribution < 1.29 is 52.4 Å². The van der Waals surface area contributed by atoms with Crippen molar-refractivity contribution in [3.63, 3.8) is 0 Å². The average molecular weight is 471 g/mol. The Morgan fingerprint density at radius 2 is 1.41 bits per heavy atom. The molecule has 5 nitrogen and oxygen atoms in total. The molecule has 0 amide bonds. The Morgan fingerprint density at radius 1 is 0.844 bits per heavy atom. The normalized spacial score (nSPS) is 11.2. The van der Waals surface area contributed by atoms with Crippen molar-refractivity contribution in [1.82, 2.24) is 0 Å². The molecule has 1 N–H and O–H groups in total. The summed E-state index contributed by atoms with van der Waals surface area (Å²) in [5.41, 5.74) is 0.711. The monoisotopic (exact) mass is 470 g/mol. The first kappa shape index (κ1) is 29.0. The maximum Gasteiger partial charge on any atom is 1.00 e. The van der Waals surface area contributed by atoms with Crippen LogP contribution in [0.1, 0.15) is 83.1 Å². The Bertz CT molecular complexity index is 899. The molecule has 0 saturated heterocycles. The van der Waals surface area contributed by atoms with E-state index in [0.29, 0.717) is 12.0 Å². The van der Waals surface area contributed by atoms with Gasteiger partial charge in [-0.1, -0.05) is 95.4 Å². The van der Waals surface area contributed by atoms with Crippen molar-refractivity contribution in [2.75, 3.05) is 0 Å². The van der Waals surface area contributed by atoms with Crippen molar-refractivity contribution >= 4 is 10.1 Å². The smallest absolute Gasteiger partial charge is 0.872 e. The number of para-hydroxylation sites is 1. The van der Waals surface area contributed by atoms with Crippen LogP contribution in [-0.4, -0.2) is 13.0 Å². The summed E-state index contributed by atoms with van der Waals surface area (Å²) in [6.07, 6.45) is 14.2. The summed E-state index contributed by atoms with van der Waals surface area (Å²) < 4.78 is 39.0. The molecule has 0 saturated carbocycles. The molecule has 0 aliphatic rings. The van der Waals surface area contributed by atoms with Crippen molar-refractivity contribution in [3.8, 4) is 17.2 Å². The minimum atomic E-state index is -4.44. The third-order valence-corrected chi connectivity index (χ3v) is 6.29. The predicted octanol–water partition coefficient (Wildman–Crippen LogP) is 3.66. The van der Waals surface area contributed by atoms with E-state index in [9.17, 15) is 18.1 Å². The largest absolute Gasteiger partial charge is 1.00 e. The third kappa shape index (κ3) is 10.7. The summed E-state index contributed by atoms with van der Waals surface area (Å²) >= 11 is 0. The molecular weight excluding hydrogens is 435 g/mol. The summed E-state index contributed by atoms with van der Waals surface area (Å²) in [5, 5.41) is 11.6. The van der Waals surface area contributed by atoms with Gasteiger partial charge in [0.15, 0.2) is 5.75 Å². The van der Waals surface area contributed by atoms with E-state index < -0.39 is 10.1 Å². The maximum absolute atomic E-state index is 11.8. The van der Waals surface area contributed by atoms with E-state index in [0.717, 1.165) is 19.3 Å². The number of rotatable bonds is 15. The van der Waals surface area contributed by atoms with E-state index in [2.05, 4.69) is 6.92 Å². The first-order chi connectivity index (χ1) is 14.9. The minimum Gasteiger partial charge on any atom is -0.872 e. The molecule has 7 heteroatoms. The van der Waals surface area contributed by atoms with Gasteiger partial charge in [-0.05, 0) is 36.6 Å². The summed E-state index contributed by atoms with van der Waals surface area (Å²) in [6.45, 7) is 2.23. The van der Waals surface area contributed by atoms with Crippen LogP contribution in [0.5, 0.6) is 17.2 Å². The van der Waals surface area contributed by atoms with Gasteiger partial charge in [0, 0.05) is 0 Å². The minimum absolute atomic E-state index is 0. The Labute approximate surface area is 215 Å². The van der Waals surface area contributed by atoms with Crippen LogP contribution in [-0.2, 0) is 16.5 Å². The number of ether oxygens (including phenoxy) is 1. The van der Waals surface area contributed by atoms with Crippen LogP contribution in [0.4, 0.5) is 0 Å². The molecular formula is C25H35NaO5S. The molecule has 172 valence electrons. The average Bonchev–Trinajstić information content (AvgIpc) is 2.72. The zero-order valence-corrected chi connectivity index (χ0v) is 22.3. The van der Waals surface area contributed by atoms with Crippen molar-refractivity contribution in [1.29, 1.82) is 0 Å². The van der Waals surface area contributed by atoms with Crippen LogP contribution in [0.15, 0.2) is 47.4 Å². The standard InChI is InChI=1S/C25H36O5S.Na/c1-2-3-4-5-6-7-8-9-10-11-12-15-21-16-13-19-24(31(27,28)29)25(21)30-23-18-14-17-22(26)20-23;/h13-14,16-20,26H,2-12,15H2,1H3,(H,27,28,29);/q;+1/p-1. The summed E-state index contributed by atoms with van der Waals surface area (Å²) in [5.74, 6) is 0.125. The number of aryl methyl sites for hydroxylation is 1. The summed E-state index contributed by atoms with van der Waals surface area (Å²) in [4.78, 5) is -0.274. The second-order valence-electron chi connectivity index (χ2n) is 8.08. The Hall–Kier alpha value is -1.05. The fraction of sp³-hybridized carbons (Fsp3) is 0.520. The van der Waals surface area contributed by atoms with Crippen LogP contribution in [0.3, 0.4) is 0 Å². The van der Waals surface area contributed by atoms with Gasteiger partial charge in [-0.15, -0.1) is 5.75 Å². The van der Waals surface area contributed by atoms with Gasteiger partial charge in [-0.2, -0.15) is 8.42 Å². The number of benzene rings is 2. The predicted molar refractivity (Wildman–Crippen MR) is 122 cm³/mol. The molecule has 2 aromatic carbocycles. The fourth-order valence-electron chi connectivity index (χ4n) is 3.71. The van der Waals surface area contributed by atoms with E-state index in [1.54, 1.807) is 24.3 Å². The van der Waals surface area contributed by atoms with Crippen molar-refractivity contribution in [2.45, 2.75) is 88.9 Å². The third-order valence-electron chi connectivity index (χ3n) is 5.41. The van der Waals surface area contributed by atoms with Gasteiger partial charge in [0.1, 0.15) is 10.6 Å². The fourth-order valence-corrected chi connectivity index (χ4v) is 4.37. The zero-order chi connectivity index (χ0) is 22.5. The van der Waals surface area contributed by atoms with E-state index in [4.69, 9.17) is 4.74 Å². The first-order valence-electron chi connectivity index (χ1n) is 11.5. The topological polar surface area (TPSA) is 86.7 Å². The molecule has 0 atom stereocenters. The molecule has 0 heterocycles. The van der Waals surface area contributed by atoms with E-state index in [1.807, 2.05) is 0 Å². The molecule has 0 aromatic heterocycles. The maximum atomic E-state index is 11.8. The number of unbranched alkanes of at least 4 members (excludes halogenated alkanes) is 10. The quantitative estimate of drug-likeness (QED) is 0.244. The van der Waals surface area contributed by atoms with E-state index >= 15 is 0 Å². The Morgan fingerprint density at radius 3 is 1.97 bits per heavy atom. The van der Waals surface area contributed by atoms with Gasteiger partial charge in [-0.25, -0.2) is 0 Å². The zero-order valence-electron chi connectivity index (χ0n) is 19.5. The molecule has 0 fully saturated rings. The van der Waals surface area contributed by atoms with Gasteiger partial charge >= 0.3 is 29.6 Å². The van der Waals surface area contributed by atoms with Crippen LogP contribution in [0.25, 0.3) is 0 Å². The van der Waals surface area contributed by atoms with Gasteiger partial charge in [0.2, 0.25) is 0 Å². The summed E-state index contributed by atoms with van der Waals surface area (Å²) in [6, 6.07) is 10.6. The number of hydrogen-bond acceptors (Lipinski definition) is 4. The van der Waals surface area contributed by atoms with Crippen LogP contribution >= 0.6 is 0 Å². The van der Waals surface area contributed by atoms with Crippen molar-refractivity contribution in [3.05, 3.63) is 48.0 Å².